The number of fused-ring (bicyclic) bond motifs is 1. The number of carbonyl (C=O) groups is 2. The van der Waals surface area contributed by atoms with Crippen molar-refractivity contribution in [2.75, 3.05) is 11.9 Å². The van der Waals surface area contributed by atoms with Crippen LogP contribution in [0.1, 0.15) is 5.56 Å². The number of ether oxygens (including phenoxy) is 1. The van der Waals surface area contributed by atoms with Gasteiger partial charge in [0.05, 0.1) is 6.42 Å². The summed E-state index contributed by atoms with van der Waals surface area (Å²) < 4.78 is 5.24. The van der Waals surface area contributed by atoms with E-state index >= 15 is 0 Å². The average Bonchev–Trinajstić information content (AvgIpc) is 2.60. The Bertz CT molecular complexity index is 916. The highest BCUT2D eigenvalue weighted by Crippen LogP contribution is 2.20. The monoisotopic (exact) mass is 334 g/mol. The van der Waals surface area contributed by atoms with Crippen molar-refractivity contribution in [3.63, 3.8) is 0 Å². The molecule has 5 heteroatoms. The molecule has 0 aromatic heterocycles. The number of nitrogens with one attached hydrogen (secondary N) is 1. The molecule has 0 aliphatic carbocycles. The summed E-state index contributed by atoms with van der Waals surface area (Å²) in [5.74, 6) is -0.199. The van der Waals surface area contributed by atoms with Crippen molar-refractivity contribution in [2.24, 2.45) is 5.73 Å². The molecule has 0 aliphatic rings. The summed E-state index contributed by atoms with van der Waals surface area (Å²) >= 11 is 0. The zero-order valence-electron chi connectivity index (χ0n) is 13.6. The summed E-state index contributed by atoms with van der Waals surface area (Å²) in [6.07, 6.45) is 0.272. The fourth-order valence-electron chi connectivity index (χ4n) is 2.64. The summed E-state index contributed by atoms with van der Waals surface area (Å²) in [6, 6.07) is 20.8. The number of hydrogen-bond donors (Lipinski definition) is 2. The minimum atomic E-state index is -0.551. The van der Waals surface area contributed by atoms with Crippen LogP contribution in [0.3, 0.4) is 0 Å². The molecule has 0 atom stereocenters. The second-order valence-corrected chi connectivity index (χ2v) is 5.65. The highest BCUT2D eigenvalue weighted by Gasteiger charge is 2.08. The van der Waals surface area contributed by atoms with E-state index in [0.717, 1.165) is 16.3 Å². The molecule has 0 unspecified atom stereocenters. The molecule has 5 nitrogen and oxygen atoms in total. The number of anilines is 1. The van der Waals surface area contributed by atoms with E-state index in [1.54, 1.807) is 24.3 Å². The Labute approximate surface area is 145 Å². The van der Waals surface area contributed by atoms with Crippen LogP contribution in [0.25, 0.3) is 10.8 Å². The number of benzene rings is 3. The predicted molar refractivity (Wildman–Crippen MR) is 97.4 cm³/mol. The minimum Gasteiger partial charge on any atom is -0.484 e. The van der Waals surface area contributed by atoms with Gasteiger partial charge in [0.2, 0.25) is 5.91 Å². The normalized spacial score (nSPS) is 10.4. The molecular formula is C20H18N2O3. The van der Waals surface area contributed by atoms with Crippen LogP contribution in [0.5, 0.6) is 5.75 Å². The van der Waals surface area contributed by atoms with E-state index in [1.165, 1.54) is 0 Å². The van der Waals surface area contributed by atoms with Crippen molar-refractivity contribution in [3.8, 4) is 5.75 Å². The van der Waals surface area contributed by atoms with Crippen molar-refractivity contribution >= 4 is 28.3 Å². The molecule has 0 spiro atoms. The third kappa shape index (κ3) is 4.35. The SMILES string of the molecule is NC(=O)COc1cccc(NC(=O)Cc2cccc3ccccc23)c1. The summed E-state index contributed by atoms with van der Waals surface area (Å²) in [6.45, 7) is -0.201. The van der Waals surface area contributed by atoms with Gasteiger partial charge in [-0.3, -0.25) is 9.59 Å². The molecule has 0 radical (unpaired) electrons. The number of nitrogens with two attached hydrogens (primary N) is 1. The van der Waals surface area contributed by atoms with Crippen LogP contribution < -0.4 is 15.8 Å². The van der Waals surface area contributed by atoms with E-state index in [9.17, 15) is 9.59 Å². The quantitative estimate of drug-likeness (QED) is 0.727. The lowest BCUT2D eigenvalue weighted by Crippen LogP contribution is -2.20. The Kier molecular flexibility index (Phi) is 4.95. The molecule has 0 bridgehead atoms. The smallest absolute Gasteiger partial charge is 0.255 e. The number of primary amides is 1. The average molecular weight is 334 g/mol. The first kappa shape index (κ1) is 16.5. The molecule has 3 N–H and O–H groups in total. The number of hydrogen-bond acceptors (Lipinski definition) is 3. The maximum absolute atomic E-state index is 12.4. The molecule has 0 aliphatic heterocycles. The summed E-state index contributed by atoms with van der Waals surface area (Å²) in [5, 5.41) is 5.02. The van der Waals surface area contributed by atoms with E-state index in [-0.39, 0.29) is 18.9 Å². The van der Waals surface area contributed by atoms with Gasteiger partial charge in [0.15, 0.2) is 6.61 Å². The van der Waals surface area contributed by atoms with E-state index in [4.69, 9.17) is 10.5 Å². The van der Waals surface area contributed by atoms with Gasteiger partial charge in [0.25, 0.3) is 5.91 Å². The van der Waals surface area contributed by atoms with E-state index in [1.807, 2.05) is 42.5 Å². The largest absolute Gasteiger partial charge is 0.484 e. The first-order valence-electron chi connectivity index (χ1n) is 7.89. The second-order valence-electron chi connectivity index (χ2n) is 5.65. The van der Waals surface area contributed by atoms with Gasteiger partial charge in [-0.15, -0.1) is 0 Å². The molecular weight excluding hydrogens is 316 g/mol. The van der Waals surface area contributed by atoms with Gasteiger partial charge in [-0.2, -0.15) is 0 Å². The maximum Gasteiger partial charge on any atom is 0.255 e. The third-order valence-corrected chi connectivity index (χ3v) is 3.73. The van der Waals surface area contributed by atoms with Gasteiger partial charge >= 0.3 is 0 Å². The van der Waals surface area contributed by atoms with Crippen LogP contribution in [0.15, 0.2) is 66.7 Å². The first-order valence-corrected chi connectivity index (χ1v) is 7.89. The third-order valence-electron chi connectivity index (χ3n) is 3.73. The van der Waals surface area contributed by atoms with Crippen molar-refractivity contribution in [2.45, 2.75) is 6.42 Å². The Balaban J connectivity index is 1.70. The lowest BCUT2D eigenvalue weighted by atomic mass is 10.0. The molecule has 25 heavy (non-hydrogen) atoms. The highest BCUT2D eigenvalue weighted by atomic mass is 16.5. The van der Waals surface area contributed by atoms with Gasteiger partial charge < -0.3 is 15.8 Å². The number of rotatable bonds is 6. The summed E-state index contributed by atoms with van der Waals surface area (Å²) in [7, 11) is 0. The van der Waals surface area contributed by atoms with Crippen LogP contribution >= 0.6 is 0 Å². The lowest BCUT2D eigenvalue weighted by Gasteiger charge is -2.09. The van der Waals surface area contributed by atoms with Gasteiger partial charge in [0.1, 0.15) is 5.75 Å². The summed E-state index contributed by atoms with van der Waals surface area (Å²) in [5.41, 5.74) is 6.63. The van der Waals surface area contributed by atoms with Gasteiger partial charge in [-0.1, -0.05) is 48.5 Å². The fraction of sp³-hybridized carbons (Fsp3) is 0.100. The maximum atomic E-state index is 12.4. The van der Waals surface area contributed by atoms with E-state index in [2.05, 4.69) is 5.32 Å². The Hall–Kier alpha value is -3.34. The number of carbonyl (C=O) groups excluding carboxylic acids is 2. The molecule has 0 saturated heterocycles. The first-order chi connectivity index (χ1) is 12.1. The predicted octanol–water partition coefficient (Wildman–Crippen LogP) is 2.89. The molecule has 0 heterocycles. The zero-order valence-corrected chi connectivity index (χ0v) is 13.6. The van der Waals surface area contributed by atoms with Crippen molar-refractivity contribution in [1.29, 1.82) is 0 Å². The Morgan fingerprint density at radius 2 is 1.72 bits per heavy atom. The van der Waals surface area contributed by atoms with Gasteiger partial charge in [-0.25, -0.2) is 0 Å². The van der Waals surface area contributed by atoms with Crippen LogP contribution in [0.2, 0.25) is 0 Å². The lowest BCUT2D eigenvalue weighted by molar-refractivity contribution is -0.120. The van der Waals surface area contributed by atoms with E-state index in [0.29, 0.717) is 11.4 Å². The molecule has 3 aromatic carbocycles. The Morgan fingerprint density at radius 3 is 2.56 bits per heavy atom. The topological polar surface area (TPSA) is 81.4 Å². The molecule has 3 aromatic rings. The zero-order chi connectivity index (χ0) is 17.6. The van der Waals surface area contributed by atoms with Crippen molar-refractivity contribution in [3.05, 3.63) is 72.3 Å². The van der Waals surface area contributed by atoms with Crippen molar-refractivity contribution < 1.29 is 14.3 Å². The minimum absolute atomic E-state index is 0.122. The second kappa shape index (κ2) is 7.49. The van der Waals surface area contributed by atoms with Crippen LogP contribution in [0, 0.1) is 0 Å². The van der Waals surface area contributed by atoms with Gasteiger partial charge in [0, 0.05) is 11.8 Å². The van der Waals surface area contributed by atoms with Gasteiger partial charge in [-0.05, 0) is 28.5 Å². The van der Waals surface area contributed by atoms with Crippen molar-refractivity contribution in [1.82, 2.24) is 0 Å². The fourth-order valence-corrected chi connectivity index (χ4v) is 2.64. The highest BCUT2D eigenvalue weighted by molar-refractivity contribution is 5.96. The number of amides is 2. The molecule has 126 valence electrons. The standard InChI is InChI=1S/C20H18N2O3/c21-19(23)13-25-17-9-4-8-16(12-17)22-20(24)11-15-7-3-6-14-5-1-2-10-18(14)15/h1-10,12H,11,13H2,(H2,21,23)(H,22,24). The van der Waals surface area contributed by atoms with Crippen LogP contribution in [0.4, 0.5) is 5.69 Å². The van der Waals surface area contributed by atoms with Crippen LogP contribution in [-0.2, 0) is 16.0 Å². The molecule has 0 fully saturated rings. The van der Waals surface area contributed by atoms with E-state index < -0.39 is 5.91 Å². The Morgan fingerprint density at radius 1 is 0.960 bits per heavy atom. The molecule has 3 rings (SSSR count). The van der Waals surface area contributed by atoms with Crippen LogP contribution in [-0.4, -0.2) is 18.4 Å². The molecule has 0 saturated carbocycles. The molecule has 2 amide bonds. The summed E-state index contributed by atoms with van der Waals surface area (Å²) in [4.78, 5) is 23.2.